The van der Waals surface area contributed by atoms with Gasteiger partial charge in [-0.25, -0.2) is 9.67 Å². The summed E-state index contributed by atoms with van der Waals surface area (Å²) in [6, 6.07) is 0.748. The van der Waals surface area contributed by atoms with Crippen LogP contribution in [-0.4, -0.2) is 20.8 Å². The molecule has 0 aromatic carbocycles. The first-order chi connectivity index (χ1) is 8.88. The first-order valence-electron chi connectivity index (χ1n) is 7.48. The Morgan fingerprint density at radius 2 is 2.17 bits per heavy atom. The third-order valence-electron chi connectivity index (χ3n) is 5.11. The van der Waals surface area contributed by atoms with Crippen molar-refractivity contribution in [2.75, 3.05) is 0 Å². The smallest absolute Gasteiger partial charge is 0.140 e. The average molecular weight is 246 g/mol. The SMILES string of the molecule is c1nc(CNC2CC2)n(CC2CC3CCC2C3)n1. The number of aromatic nitrogens is 3. The minimum Gasteiger partial charge on any atom is -0.307 e. The normalized spacial score (nSPS) is 34.3. The van der Waals surface area contributed by atoms with Crippen LogP contribution in [0.25, 0.3) is 0 Å². The van der Waals surface area contributed by atoms with Crippen molar-refractivity contribution >= 4 is 0 Å². The monoisotopic (exact) mass is 246 g/mol. The van der Waals surface area contributed by atoms with Crippen LogP contribution in [0.5, 0.6) is 0 Å². The third kappa shape index (κ3) is 2.07. The molecule has 3 fully saturated rings. The van der Waals surface area contributed by atoms with Crippen molar-refractivity contribution in [3.63, 3.8) is 0 Å². The molecular formula is C14H22N4. The van der Waals surface area contributed by atoms with Gasteiger partial charge in [-0.3, -0.25) is 0 Å². The first kappa shape index (κ1) is 11.0. The Bertz CT molecular complexity index is 423. The summed E-state index contributed by atoms with van der Waals surface area (Å²) in [5, 5.41) is 7.96. The zero-order valence-corrected chi connectivity index (χ0v) is 10.9. The van der Waals surface area contributed by atoms with Gasteiger partial charge in [0.05, 0.1) is 6.54 Å². The first-order valence-corrected chi connectivity index (χ1v) is 7.48. The molecule has 98 valence electrons. The summed E-state index contributed by atoms with van der Waals surface area (Å²) in [5.74, 6) is 4.00. The summed E-state index contributed by atoms with van der Waals surface area (Å²) in [4.78, 5) is 4.41. The van der Waals surface area contributed by atoms with E-state index in [2.05, 4.69) is 20.1 Å². The molecule has 3 atom stereocenters. The highest BCUT2D eigenvalue weighted by atomic mass is 15.3. The van der Waals surface area contributed by atoms with E-state index in [4.69, 9.17) is 0 Å². The Balaban J connectivity index is 1.39. The lowest BCUT2D eigenvalue weighted by Crippen LogP contribution is -2.23. The fourth-order valence-electron chi connectivity index (χ4n) is 3.92. The van der Waals surface area contributed by atoms with Crippen LogP contribution in [0.1, 0.15) is 44.3 Å². The molecule has 0 saturated heterocycles. The topological polar surface area (TPSA) is 42.7 Å². The molecule has 2 bridgehead atoms. The largest absolute Gasteiger partial charge is 0.307 e. The predicted molar refractivity (Wildman–Crippen MR) is 68.8 cm³/mol. The fourth-order valence-corrected chi connectivity index (χ4v) is 3.92. The molecule has 0 aliphatic heterocycles. The molecular weight excluding hydrogens is 224 g/mol. The van der Waals surface area contributed by atoms with Crippen LogP contribution in [0.3, 0.4) is 0 Å². The second-order valence-corrected chi connectivity index (χ2v) is 6.45. The molecule has 0 amide bonds. The van der Waals surface area contributed by atoms with Gasteiger partial charge < -0.3 is 5.32 Å². The number of fused-ring (bicyclic) bond motifs is 2. The van der Waals surface area contributed by atoms with Gasteiger partial charge in [0, 0.05) is 12.6 Å². The minimum atomic E-state index is 0.748. The molecule has 3 aliphatic rings. The van der Waals surface area contributed by atoms with Crippen LogP contribution in [0.15, 0.2) is 6.33 Å². The van der Waals surface area contributed by atoms with E-state index >= 15 is 0 Å². The number of nitrogens with one attached hydrogen (secondary N) is 1. The molecule has 0 spiro atoms. The highest BCUT2D eigenvalue weighted by molar-refractivity contribution is 4.93. The highest BCUT2D eigenvalue weighted by Gasteiger charge is 2.39. The van der Waals surface area contributed by atoms with Gasteiger partial charge >= 0.3 is 0 Å². The average Bonchev–Trinajstić information content (AvgIpc) is 2.79. The van der Waals surface area contributed by atoms with Crippen LogP contribution >= 0.6 is 0 Å². The zero-order valence-electron chi connectivity index (χ0n) is 10.9. The van der Waals surface area contributed by atoms with Crippen molar-refractivity contribution in [3.8, 4) is 0 Å². The van der Waals surface area contributed by atoms with Crippen molar-refractivity contribution in [2.24, 2.45) is 17.8 Å². The van der Waals surface area contributed by atoms with Crippen LogP contribution in [-0.2, 0) is 13.1 Å². The van der Waals surface area contributed by atoms with E-state index in [0.717, 1.165) is 42.7 Å². The van der Waals surface area contributed by atoms with Crippen molar-refractivity contribution in [3.05, 3.63) is 12.2 Å². The van der Waals surface area contributed by atoms with E-state index in [1.807, 2.05) is 0 Å². The Morgan fingerprint density at radius 3 is 2.89 bits per heavy atom. The van der Waals surface area contributed by atoms with Gasteiger partial charge in [0.1, 0.15) is 12.2 Å². The fraction of sp³-hybridized carbons (Fsp3) is 0.857. The molecule has 3 saturated carbocycles. The van der Waals surface area contributed by atoms with Crippen LogP contribution < -0.4 is 5.32 Å². The maximum Gasteiger partial charge on any atom is 0.140 e. The number of rotatable bonds is 5. The molecule has 3 aliphatic carbocycles. The van der Waals surface area contributed by atoms with Crippen LogP contribution in [0, 0.1) is 17.8 Å². The van der Waals surface area contributed by atoms with Gasteiger partial charge in [0.15, 0.2) is 0 Å². The van der Waals surface area contributed by atoms with Crippen molar-refractivity contribution in [2.45, 2.75) is 57.7 Å². The summed E-state index contributed by atoms with van der Waals surface area (Å²) in [6.45, 7) is 1.99. The van der Waals surface area contributed by atoms with Gasteiger partial charge in [-0.2, -0.15) is 5.10 Å². The van der Waals surface area contributed by atoms with Gasteiger partial charge in [-0.15, -0.1) is 0 Å². The molecule has 1 N–H and O–H groups in total. The van der Waals surface area contributed by atoms with Gasteiger partial charge in [-0.1, -0.05) is 6.42 Å². The molecule has 3 unspecified atom stereocenters. The Kier molecular flexibility index (Phi) is 2.64. The number of hydrogen-bond donors (Lipinski definition) is 1. The van der Waals surface area contributed by atoms with E-state index in [1.165, 1.54) is 38.5 Å². The van der Waals surface area contributed by atoms with Gasteiger partial charge in [0.25, 0.3) is 0 Å². The molecule has 0 radical (unpaired) electrons. The van der Waals surface area contributed by atoms with Crippen LogP contribution in [0.2, 0.25) is 0 Å². The lowest BCUT2D eigenvalue weighted by atomic mass is 9.89. The Morgan fingerprint density at radius 1 is 1.22 bits per heavy atom. The molecule has 1 aromatic rings. The highest BCUT2D eigenvalue weighted by Crippen LogP contribution is 2.48. The molecule has 4 heteroatoms. The van der Waals surface area contributed by atoms with Crippen molar-refractivity contribution in [1.29, 1.82) is 0 Å². The van der Waals surface area contributed by atoms with Gasteiger partial charge in [-0.05, 0) is 49.9 Å². The minimum absolute atomic E-state index is 0.748. The van der Waals surface area contributed by atoms with E-state index in [1.54, 1.807) is 6.33 Å². The maximum absolute atomic E-state index is 4.43. The summed E-state index contributed by atoms with van der Waals surface area (Å²) in [5.41, 5.74) is 0. The molecule has 4 rings (SSSR count). The lowest BCUT2D eigenvalue weighted by Gasteiger charge is -2.22. The number of nitrogens with zero attached hydrogens (tertiary/aromatic N) is 3. The van der Waals surface area contributed by atoms with E-state index < -0.39 is 0 Å². The summed E-state index contributed by atoms with van der Waals surface area (Å²) >= 11 is 0. The summed E-state index contributed by atoms with van der Waals surface area (Å²) in [6.07, 6.45) is 10.2. The van der Waals surface area contributed by atoms with Crippen molar-refractivity contribution < 1.29 is 0 Å². The molecule has 18 heavy (non-hydrogen) atoms. The van der Waals surface area contributed by atoms with Gasteiger partial charge in [0.2, 0.25) is 0 Å². The summed E-state index contributed by atoms with van der Waals surface area (Å²) < 4.78 is 2.15. The lowest BCUT2D eigenvalue weighted by molar-refractivity contribution is 0.281. The predicted octanol–water partition coefficient (Wildman–Crippen LogP) is 1.97. The quantitative estimate of drug-likeness (QED) is 0.863. The Hall–Kier alpha value is -0.900. The summed E-state index contributed by atoms with van der Waals surface area (Å²) in [7, 11) is 0. The molecule has 1 heterocycles. The van der Waals surface area contributed by atoms with E-state index in [0.29, 0.717) is 0 Å². The molecule has 4 nitrogen and oxygen atoms in total. The second-order valence-electron chi connectivity index (χ2n) is 6.45. The third-order valence-corrected chi connectivity index (χ3v) is 5.11. The second kappa shape index (κ2) is 4.34. The Labute approximate surface area is 108 Å². The standard InChI is InChI=1S/C14H22N4/c1-2-11-5-10(1)6-12(11)8-18-14(16-9-17-18)7-15-13-3-4-13/h9-13,15H,1-8H2. The number of hydrogen-bond acceptors (Lipinski definition) is 3. The zero-order chi connectivity index (χ0) is 11.9. The van der Waals surface area contributed by atoms with Crippen LogP contribution in [0.4, 0.5) is 0 Å². The van der Waals surface area contributed by atoms with Crippen molar-refractivity contribution in [1.82, 2.24) is 20.1 Å². The maximum atomic E-state index is 4.43. The molecule has 1 aromatic heterocycles. The van der Waals surface area contributed by atoms with E-state index in [9.17, 15) is 0 Å². The van der Waals surface area contributed by atoms with E-state index in [-0.39, 0.29) is 0 Å².